The third-order valence-corrected chi connectivity index (χ3v) is 6.75. The van der Waals surface area contributed by atoms with Crippen molar-refractivity contribution >= 4 is 0 Å². The van der Waals surface area contributed by atoms with Crippen molar-refractivity contribution in [2.45, 2.75) is 41.5 Å². The SMILES string of the molecule is Cc1cc(-c2nc(-c3cccc(-c4n[nH]c(-c5cc(C)c(C)c(C)c5)n4)c3)n[nH]2)cc(C)c1C. The summed E-state index contributed by atoms with van der Waals surface area (Å²) in [6.45, 7) is 12.8. The van der Waals surface area contributed by atoms with Gasteiger partial charge in [-0.25, -0.2) is 9.97 Å². The van der Waals surface area contributed by atoms with E-state index in [4.69, 9.17) is 9.97 Å². The van der Waals surface area contributed by atoms with Gasteiger partial charge in [-0.05, 0) is 105 Å². The molecule has 6 heteroatoms. The van der Waals surface area contributed by atoms with Crippen LogP contribution >= 0.6 is 0 Å². The first-order valence-electron chi connectivity index (χ1n) is 11.4. The van der Waals surface area contributed by atoms with E-state index in [2.05, 4.69) is 86.2 Å². The Balaban J connectivity index is 1.46. The smallest absolute Gasteiger partial charge is 0.181 e. The summed E-state index contributed by atoms with van der Waals surface area (Å²) in [4.78, 5) is 9.53. The number of hydrogen-bond donors (Lipinski definition) is 2. The molecule has 170 valence electrons. The van der Waals surface area contributed by atoms with E-state index in [1.165, 1.54) is 33.4 Å². The number of hydrogen-bond acceptors (Lipinski definition) is 4. The van der Waals surface area contributed by atoms with Crippen molar-refractivity contribution in [3.05, 3.63) is 81.9 Å². The molecule has 2 N–H and O–H groups in total. The Morgan fingerprint density at radius 2 is 0.882 bits per heavy atom. The largest absolute Gasteiger partial charge is 0.259 e. The van der Waals surface area contributed by atoms with Crippen molar-refractivity contribution < 1.29 is 0 Å². The van der Waals surface area contributed by atoms with Gasteiger partial charge in [-0.3, -0.25) is 10.2 Å². The van der Waals surface area contributed by atoms with Gasteiger partial charge in [0, 0.05) is 22.3 Å². The summed E-state index contributed by atoms with van der Waals surface area (Å²) in [5, 5.41) is 15.1. The van der Waals surface area contributed by atoms with Gasteiger partial charge in [0.25, 0.3) is 0 Å². The lowest BCUT2D eigenvalue weighted by Gasteiger charge is -2.06. The second kappa shape index (κ2) is 8.37. The van der Waals surface area contributed by atoms with Crippen LogP contribution in [0.15, 0.2) is 48.5 Å². The van der Waals surface area contributed by atoms with E-state index in [0.717, 1.165) is 33.9 Å². The van der Waals surface area contributed by atoms with Crippen LogP contribution < -0.4 is 0 Å². The highest BCUT2D eigenvalue weighted by molar-refractivity contribution is 5.69. The molecule has 0 atom stereocenters. The summed E-state index contributed by atoms with van der Waals surface area (Å²) in [5.74, 6) is 2.82. The molecular weight excluding hydrogens is 420 g/mol. The maximum atomic E-state index is 4.76. The summed E-state index contributed by atoms with van der Waals surface area (Å²) in [6, 6.07) is 16.6. The predicted octanol–water partition coefficient (Wildman–Crippen LogP) is 6.44. The molecule has 0 bridgehead atoms. The van der Waals surface area contributed by atoms with Crippen LogP contribution in [0.3, 0.4) is 0 Å². The Labute approximate surface area is 199 Å². The molecule has 5 aromatic rings. The molecule has 34 heavy (non-hydrogen) atoms. The molecule has 0 fully saturated rings. The van der Waals surface area contributed by atoms with Gasteiger partial charge in [0.05, 0.1) is 0 Å². The van der Waals surface area contributed by atoms with Crippen LogP contribution in [-0.4, -0.2) is 30.4 Å². The van der Waals surface area contributed by atoms with Gasteiger partial charge in [0.2, 0.25) is 0 Å². The van der Waals surface area contributed by atoms with E-state index in [0.29, 0.717) is 11.6 Å². The third-order valence-electron chi connectivity index (χ3n) is 6.75. The first kappa shape index (κ1) is 21.8. The van der Waals surface area contributed by atoms with Crippen molar-refractivity contribution in [3.63, 3.8) is 0 Å². The van der Waals surface area contributed by atoms with E-state index >= 15 is 0 Å². The Bertz CT molecular complexity index is 1360. The van der Waals surface area contributed by atoms with E-state index in [-0.39, 0.29) is 0 Å². The van der Waals surface area contributed by atoms with Crippen molar-refractivity contribution in [3.8, 4) is 45.6 Å². The normalized spacial score (nSPS) is 11.2. The van der Waals surface area contributed by atoms with Gasteiger partial charge >= 0.3 is 0 Å². The molecule has 0 saturated carbocycles. The van der Waals surface area contributed by atoms with Crippen LogP contribution in [0.25, 0.3) is 45.6 Å². The van der Waals surface area contributed by atoms with Crippen LogP contribution in [0.2, 0.25) is 0 Å². The van der Waals surface area contributed by atoms with Gasteiger partial charge < -0.3 is 0 Å². The number of aryl methyl sites for hydroxylation is 4. The number of nitrogens with zero attached hydrogens (tertiary/aromatic N) is 4. The minimum atomic E-state index is 0.647. The van der Waals surface area contributed by atoms with Crippen LogP contribution in [0.5, 0.6) is 0 Å². The maximum Gasteiger partial charge on any atom is 0.181 e. The molecule has 2 heterocycles. The molecule has 0 radical (unpaired) electrons. The van der Waals surface area contributed by atoms with E-state index < -0.39 is 0 Å². The standard InChI is InChI=1S/C28H28N6/c1-15-10-23(11-16(2)19(15)5)27-29-25(31-33-27)21-8-7-9-22(14-21)26-30-28(34-32-26)24-12-17(3)20(6)18(4)13-24/h7-14H,1-6H3,(H,29,31,33)(H,30,32,34). The molecule has 0 spiro atoms. The molecule has 0 aliphatic carbocycles. The highest BCUT2D eigenvalue weighted by Gasteiger charge is 2.13. The summed E-state index contributed by atoms with van der Waals surface area (Å²) in [7, 11) is 0. The first-order valence-corrected chi connectivity index (χ1v) is 11.4. The summed E-state index contributed by atoms with van der Waals surface area (Å²) >= 11 is 0. The molecular formula is C28H28N6. The second-order valence-corrected chi connectivity index (χ2v) is 9.07. The van der Waals surface area contributed by atoms with Crippen molar-refractivity contribution in [2.75, 3.05) is 0 Å². The highest BCUT2D eigenvalue weighted by atomic mass is 15.2. The molecule has 5 rings (SSSR count). The van der Waals surface area contributed by atoms with Crippen molar-refractivity contribution in [1.82, 2.24) is 30.4 Å². The van der Waals surface area contributed by atoms with Crippen LogP contribution in [0.1, 0.15) is 33.4 Å². The molecule has 0 saturated heterocycles. The fourth-order valence-corrected chi connectivity index (χ4v) is 4.18. The average molecular weight is 449 g/mol. The highest BCUT2D eigenvalue weighted by Crippen LogP contribution is 2.28. The Hall–Kier alpha value is -4.06. The van der Waals surface area contributed by atoms with Crippen molar-refractivity contribution in [2.24, 2.45) is 0 Å². The fraction of sp³-hybridized carbons (Fsp3) is 0.214. The number of rotatable bonds is 4. The summed E-state index contributed by atoms with van der Waals surface area (Å²) < 4.78 is 0. The fourth-order valence-electron chi connectivity index (χ4n) is 4.18. The average Bonchev–Trinajstić information content (AvgIpc) is 3.51. The molecule has 0 aliphatic rings. The zero-order chi connectivity index (χ0) is 24.0. The minimum Gasteiger partial charge on any atom is -0.259 e. The lowest BCUT2D eigenvalue weighted by Crippen LogP contribution is -1.90. The monoisotopic (exact) mass is 448 g/mol. The number of aromatic nitrogens is 6. The maximum absolute atomic E-state index is 4.76. The minimum absolute atomic E-state index is 0.647. The zero-order valence-electron chi connectivity index (χ0n) is 20.4. The van der Waals surface area contributed by atoms with Crippen LogP contribution in [0, 0.1) is 41.5 Å². The van der Waals surface area contributed by atoms with E-state index in [1.807, 2.05) is 24.3 Å². The van der Waals surface area contributed by atoms with Gasteiger partial charge in [0.1, 0.15) is 0 Å². The predicted molar refractivity (Wildman–Crippen MR) is 136 cm³/mol. The quantitative estimate of drug-likeness (QED) is 0.331. The summed E-state index contributed by atoms with van der Waals surface area (Å²) in [5.41, 5.74) is 11.5. The van der Waals surface area contributed by atoms with Crippen LogP contribution in [-0.2, 0) is 0 Å². The lowest BCUT2D eigenvalue weighted by molar-refractivity contribution is 1.09. The topological polar surface area (TPSA) is 83.1 Å². The van der Waals surface area contributed by atoms with Gasteiger partial charge in [-0.1, -0.05) is 18.2 Å². The third kappa shape index (κ3) is 3.92. The first-order chi connectivity index (χ1) is 16.3. The molecule has 6 nitrogen and oxygen atoms in total. The van der Waals surface area contributed by atoms with Crippen LogP contribution in [0.4, 0.5) is 0 Å². The zero-order valence-corrected chi connectivity index (χ0v) is 20.4. The number of H-pyrrole nitrogens is 2. The Kier molecular flexibility index (Phi) is 5.36. The number of nitrogens with one attached hydrogen (secondary N) is 2. The Morgan fingerprint density at radius 1 is 0.500 bits per heavy atom. The molecule has 0 aliphatic heterocycles. The molecule has 0 amide bonds. The second-order valence-electron chi connectivity index (χ2n) is 9.07. The number of aromatic amines is 2. The Morgan fingerprint density at radius 3 is 1.26 bits per heavy atom. The van der Waals surface area contributed by atoms with Crippen molar-refractivity contribution in [1.29, 1.82) is 0 Å². The number of benzene rings is 3. The van der Waals surface area contributed by atoms with Gasteiger partial charge in [0.15, 0.2) is 23.3 Å². The van der Waals surface area contributed by atoms with E-state index in [9.17, 15) is 0 Å². The van der Waals surface area contributed by atoms with Gasteiger partial charge in [-0.2, -0.15) is 10.2 Å². The van der Waals surface area contributed by atoms with Gasteiger partial charge in [-0.15, -0.1) is 0 Å². The molecule has 3 aromatic carbocycles. The summed E-state index contributed by atoms with van der Waals surface area (Å²) in [6.07, 6.45) is 0. The van der Waals surface area contributed by atoms with E-state index in [1.54, 1.807) is 0 Å². The lowest BCUT2D eigenvalue weighted by atomic mass is 10.0. The molecule has 0 unspecified atom stereocenters. The molecule has 2 aromatic heterocycles.